The molecule has 0 fully saturated rings. The van der Waals surface area contributed by atoms with Crippen LogP contribution in [0.2, 0.25) is 0 Å². The van der Waals surface area contributed by atoms with Crippen LogP contribution in [-0.2, 0) is 0 Å². The number of hydrogen-bond donors (Lipinski definition) is 1. The highest BCUT2D eigenvalue weighted by atomic mass is 16.5. The number of methoxy groups -OCH3 is 2. The summed E-state index contributed by atoms with van der Waals surface area (Å²) in [6, 6.07) is 9.51. The van der Waals surface area contributed by atoms with Crippen molar-refractivity contribution in [3.63, 3.8) is 0 Å². The summed E-state index contributed by atoms with van der Waals surface area (Å²) >= 11 is 0. The van der Waals surface area contributed by atoms with Gasteiger partial charge in [-0.3, -0.25) is 19.3 Å². The van der Waals surface area contributed by atoms with Crippen molar-refractivity contribution in [2.45, 2.75) is 0 Å². The Hall–Kier alpha value is -3.35. The number of nitrogens with zero attached hydrogens (tertiary/aromatic N) is 1. The van der Waals surface area contributed by atoms with Gasteiger partial charge in [0.15, 0.2) is 0 Å². The summed E-state index contributed by atoms with van der Waals surface area (Å²) in [6.07, 6.45) is 0. The number of carbonyl (C=O) groups excluding carboxylic acids is 3. The van der Waals surface area contributed by atoms with Crippen molar-refractivity contribution in [2.24, 2.45) is 0 Å². The highest BCUT2D eigenvalue weighted by Gasteiger charge is 2.35. The number of anilines is 1. The standard InChI is InChI=1S/C18H16N2O5/c1-20-17(22)13-5-4-6-14(15(13)18(20)23)19-16(21)10-7-11(24-2)9-12(8-10)25-3/h4-9H,1-3H3,(H,19,21). The third kappa shape index (κ3) is 2.80. The second kappa shape index (κ2) is 6.27. The molecule has 128 valence electrons. The summed E-state index contributed by atoms with van der Waals surface area (Å²) < 4.78 is 10.3. The van der Waals surface area contributed by atoms with Crippen LogP contribution in [0.1, 0.15) is 31.1 Å². The first-order valence-electron chi connectivity index (χ1n) is 7.46. The molecule has 0 unspecified atom stereocenters. The highest BCUT2D eigenvalue weighted by Crippen LogP contribution is 2.29. The molecule has 0 aromatic heterocycles. The van der Waals surface area contributed by atoms with E-state index in [2.05, 4.69) is 5.32 Å². The molecule has 0 saturated carbocycles. The van der Waals surface area contributed by atoms with Crippen molar-refractivity contribution >= 4 is 23.4 Å². The maximum Gasteiger partial charge on any atom is 0.263 e. The number of carbonyl (C=O) groups is 3. The lowest BCUT2D eigenvalue weighted by Gasteiger charge is -2.11. The number of hydrogen-bond acceptors (Lipinski definition) is 5. The van der Waals surface area contributed by atoms with Crippen LogP contribution in [0, 0.1) is 0 Å². The van der Waals surface area contributed by atoms with Gasteiger partial charge < -0.3 is 14.8 Å². The minimum absolute atomic E-state index is 0.193. The van der Waals surface area contributed by atoms with Gasteiger partial charge in [0.2, 0.25) is 0 Å². The van der Waals surface area contributed by atoms with E-state index in [0.717, 1.165) is 4.90 Å². The van der Waals surface area contributed by atoms with E-state index in [0.29, 0.717) is 17.1 Å². The molecule has 0 atom stereocenters. The van der Waals surface area contributed by atoms with Crippen LogP contribution < -0.4 is 14.8 Å². The molecule has 1 aliphatic rings. The van der Waals surface area contributed by atoms with Gasteiger partial charge in [0.05, 0.1) is 31.0 Å². The van der Waals surface area contributed by atoms with Crippen LogP contribution in [-0.4, -0.2) is 43.9 Å². The average Bonchev–Trinajstić information content (AvgIpc) is 2.86. The molecule has 25 heavy (non-hydrogen) atoms. The van der Waals surface area contributed by atoms with Crippen molar-refractivity contribution in [3.8, 4) is 11.5 Å². The van der Waals surface area contributed by atoms with Gasteiger partial charge >= 0.3 is 0 Å². The number of ether oxygens (including phenoxy) is 2. The summed E-state index contributed by atoms with van der Waals surface area (Å²) in [7, 11) is 4.38. The number of imide groups is 1. The third-order valence-electron chi connectivity index (χ3n) is 3.98. The zero-order valence-electron chi connectivity index (χ0n) is 14.0. The fourth-order valence-corrected chi connectivity index (χ4v) is 2.64. The first-order valence-corrected chi connectivity index (χ1v) is 7.46. The lowest BCUT2D eigenvalue weighted by molar-refractivity contribution is 0.0693. The van der Waals surface area contributed by atoms with Gasteiger partial charge in [-0.15, -0.1) is 0 Å². The fraction of sp³-hybridized carbons (Fsp3) is 0.167. The Morgan fingerprint density at radius 2 is 1.64 bits per heavy atom. The van der Waals surface area contributed by atoms with Crippen LogP contribution in [0.25, 0.3) is 0 Å². The van der Waals surface area contributed by atoms with Crippen molar-refractivity contribution in [1.82, 2.24) is 4.90 Å². The van der Waals surface area contributed by atoms with Gasteiger partial charge in [0, 0.05) is 18.7 Å². The first-order chi connectivity index (χ1) is 12.0. The minimum atomic E-state index is -0.445. The van der Waals surface area contributed by atoms with Gasteiger partial charge in [-0.25, -0.2) is 0 Å². The zero-order valence-corrected chi connectivity index (χ0v) is 14.0. The molecular formula is C18H16N2O5. The van der Waals surface area contributed by atoms with Crippen molar-refractivity contribution in [2.75, 3.05) is 26.6 Å². The topological polar surface area (TPSA) is 84.9 Å². The number of amides is 3. The lowest BCUT2D eigenvalue weighted by Crippen LogP contribution is -2.24. The molecule has 7 nitrogen and oxygen atoms in total. The molecule has 0 bridgehead atoms. The van der Waals surface area contributed by atoms with Gasteiger partial charge in [-0.2, -0.15) is 0 Å². The molecule has 7 heteroatoms. The molecule has 2 aromatic carbocycles. The van der Waals surface area contributed by atoms with E-state index in [1.165, 1.54) is 21.3 Å². The minimum Gasteiger partial charge on any atom is -0.497 e. The molecule has 0 saturated heterocycles. The van der Waals surface area contributed by atoms with E-state index >= 15 is 0 Å². The number of nitrogens with one attached hydrogen (secondary N) is 1. The largest absolute Gasteiger partial charge is 0.497 e. The first kappa shape index (κ1) is 16.5. The van der Waals surface area contributed by atoms with Crippen molar-refractivity contribution in [1.29, 1.82) is 0 Å². The molecule has 3 rings (SSSR count). The molecule has 3 amide bonds. The SMILES string of the molecule is COc1cc(OC)cc(C(=O)Nc2cccc3c2C(=O)N(C)C3=O)c1. The maximum absolute atomic E-state index is 12.6. The Morgan fingerprint density at radius 3 is 2.24 bits per heavy atom. The van der Waals surface area contributed by atoms with Gasteiger partial charge in [-0.1, -0.05) is 6.07 Å². The van der Waals surface area contributed by atoms with E-state index in [1.54, 1.807) is 36.4 Å². The Labute approximate surface area is 144 Å². The smallest absolute Gasteiger partial charge is 0.263 e. The van der Waals surface area contributed by atoms with E-state index in [1.807, 2.05) is 0 Å². The van der Waals surface area contributed by atoms with E-state index < -0.39 is 11.8 Å². The fourth-order valence-electron chi connectivity index (χ4n) is 2.64. The molecule has 0 aliphatic carbocycles. The second-order valence-corrected chi connectivity index (χ2v) is 5.45. The Bertz CT molecular complexity index is 869. The Morgan fingerprint density at radius 1 is 1.00 bits per heavy atom. The van der Waals surface area contributed by atoms with Gasteiger partial charge in [0.1, 0.15) is 11.5 Å². The summed E-state index contributed by atoms with van der Waals surface area (Å²) in [5, 5.41) is 2.68. The van der Waals surface area contributed by atoms with E-state index in [4.69, 9.17) is 9.47 Å². The summed E-state index contributed by atoms with van der Waals surface area (Å²) in [5.74, 6) is -0.346. The van der Waals surface area contributed by atoms with Crippen molar-refractivity contribution in [3.05, 3.63) is 53.1 Å². The monoisotopic (exact) mass is 340 g/mol. The molecule has 1 heterocycles. The van der Waals surface area contributed by atoms with Crippen LogP contribution in [0.15, 0.2) is 36.4 Å². The van der Waals surface area contributed by atoms with Gasteiger partial charge in [0.25, 0.3) is 17.7 Å². The molecule has 2 aromatic rings. The van der Waals surface area contributed by atoms with Gasteiger partial charge in [-0.05, 0) is 24.3 Å². The Kier molecular flexibility index (Phi) is 4.14. The van der Waals surface area contributed by atoms with Crippen LogP contribution in [0.5, 0.6) is 11.5 Å². The highest BCUT2D eigenvalue weighted by molar-refractivity contribution is 6.24. The Balaban J connectivity index is 1.96. The molecule has 0 radical (unpaired) electrons. The number of benzene rings is 2. The summed E-state index contributed by atoms with van der Waals surface area (Å²) in [6.45, 7) is 0. The van der Waals surface area contributed by atoms with Crippen LogP contribution in [0.3, 0.4) is 0 Å². The molecule has 1 aliphatic heterocycles. The predicted molar refractivity (Wildman–Crippen MR) is 90.4 cm³/mol. The zero-order chi connectivity index (χ0) is 18.1. The molecule has 1 N–H and O–H groups in total. The van der Waals surface area contributed by atoms with Crippen LogP contribution >= 0.6 is 0 Å². The summed E-state index contributed by atoms with van der Waals surface area (Å²) in [5.41, 5.74) is 1.05. The van der Waals surface area contributed by atoms with E-state index in [9.17, 15) is 14.4 Å². The van der Waals surface area contributed by atoms with Crippen molar-refractivity contribution < 1.29 is 23.9 Å². The maximum atomic E-state index is 12.6. The number of rotatable bonds is 4. The second-order valence-electron chi connectivity index (χ2n) is 5.45. The molecular weight excluding hydrogens is 324 g/mol. The lowest BCUT2D eigenvalue weighted by atomic mass is 10.1. The van der Waals surface area contributed by atoms with E-state index in [-0.39, 0.29) is 22.7 Å². The van der Waals surface area contributed by atoms with Crippen LogP contribution in [0.4, 0.5) is 5.69 Å². The normalized spacial score (nSPS) is 12.8. The summed E-state index contributed by atoms with van der Waals surface area (Å²) in [4.78, 5) is 37.9. The molecule has 0 spiro atoms. The quantitative estimate of drug-likeness (QED) is 0.863. The predicted octanol–water partition coefficient (Wildman–Crippen LogP) is 2.18. The average molecular weight is 340 g/mol. The third-order valence-corrected chi connectivity index (χ3v) is 3.98. The number of fused-ring (bicyclic) bond motifs is 1.